The highest BCUT2D eigenvalue weighted by molar-refractivity contribution is 7.92. The zero-order chi connectivity index (χ0) is 22.3. The van der Waals surface area contributed by atoms with Gasteiger partial charge in [0, 0.05) is 6.54 Å². The Morgan fingerprint density at radius 2 is 1.59 bits per heavy atom. The number of hydrogen-bond donors (Lipinski definition) is 0. The lowest BCUT2D eigenvalue weighted by Gasteiger charge is -2.42. The Labute approximate surface area is 167 Å². The number of carbonyl (C=O) groups excluding carboxylic acids is 1. The average Bonchev–Trinajstić information content (AvgIpc) is 2.59. The second-order valence-corrected chi connectivity index (χ2v) is 10.5. The van der Waals surface area contributed by atoms with Crippen molar-refractivity contribution in [2.75, 3.05) is 6.54 Å². The number of nitrogens with zero attached hydrogens (tertiary/aromatic N) is 1. The van der Waals surface area contributed by atoms with E-state index in [2.05, 4.69) is 0 Å². The highest BCUT2D eigenvalue weighted by atomic mass is 32.2. The van der Waals surface area contributed by atoms with Gasteiger partial charge in [-0.25, -0.2) is 17.6 Å². The van der Waals surface area contributed by atoms with Crippen molar-refractivity contribution in [1.82, 2.24) is 4.90 Å². The molecule has 1 aromatic carbocycles. The lowest BCUT2D eigenvalue weighted by molar-refractivity contribution is -0.137. The molecule has 2 unspecified atom stereocenters. The normalized spacial score (nSPS) is 20.8. The van der Waals surface area contributed by atoms with Crippen molar-refractivity contribution in [1.29, 1.82) is 0 Å². The third kappa shape index (κ3) is 5.02. The Morgan fingerprint density at radius 3 is 2.07 bits per heavy atom. The summed E-state index contributed by atoms with van der Waals surface area (Å²) >= 11 is 0. The largest absolute Gasteiger partial charge is 0.444 e. The van der Waals surface area contributed by atoms with Gasteiger partial charge in [-0.05, 0) is 71.2 Å². The Kier molecular flexibility index (Phi) is 6.28. The van der Waals surface area contributed by atoms with Gasteiger partial charge in [-0.1, -0.05) is 0 Å². The van der Waals surface area contributed by atoms with Crippen LogP contribution in [0.4, 0.5) is 22.4 Å². The minimum absolute atomic E-state index is 0.0894. The Bertz CT molecular complexity index is 842. The molecular weight excluding hydrogens is 414 g/mol. The number of benzene rings is 1. The van der Waals surface area contributed by atoms with E-state index in [9.17, 15) is 26.4 Å². The molecule has 5 nitrogen and oxygen atoms in total. The van der Waals surface area contributed by atoms with Crippen molar-refractivity contribution in [3.63, 3.8) is 0 Å². The molecule has 1 aliphatic rings. The van der Waals surface area contributed by atoms with Crippen LogP contribution in [0.3, 0.4) is 0 Å². The van der Waals surface area contributed by atoms with E-state index in [1.807, 2.05) is 0 Å². The molecule has 29 heavy (non-hydrogen) atoms. The van der Waals surface area contributed by atoms with Gasteiger partial charge in [0.1, 0.15) is 5.60 Å². The predicted molar refractivity (Wildman–Crippen MR) is 98.7 cm³/mol. The molecule has 164 valence electrons. The fraction of sp³-hybridized carbons (Fsp3) is 0.632. The van der Waals surface area contributed by atoms with Crippen LogP contribution >= 0.6 is 0 Å². The molecule has 1 heterocycles. The SMILES string of the molecule is CC(C)(C)OC(=O)N1CCCCC1C(C)(F)S(=O)(=O)c1ccc(C(F)(F)F)cc1. The Hall–Kier alpha value is -1.84. The molecule has 1 aromatic rings. The third-order valence-electron chi connectivity index (χ3n) is 4.74. The fourth-order valence-electron chi connectivity index (χ4n) is 3.24. The molecule has 0 N–H and O–H groups in total. The van der Waals surface area contributed by atoms with Crippen LogP contribution in [-0.2, 0) is 20.8 Å². The molecule has 1 fully saturated rings. The summed E-state index contributed by atoms with van der Waals surface area (Å²) in [7, 11) is -4.69. The lowest BCUT2D eigenvalue weighted by Crippen LogP contribution is -2.57. The lowest BCUT2D eigenvalue weighted by atomic mass is 9.99. The van der Waals surface area contributed by atoms with E-state index in [1.165, 1.54) is 0 Å². The number of hydrogen-bond acceptors (Lipinski definition) is 4. The van der Waals surface area contributed by atoms with Gasteiger partial charge in [0.25, 0.3) is 0 Å². The summed E-state index contributed by atoms with van der Waals surface area (Å²) in [6.07, 6.45) is -4.31. The van der Waals surface area contributed by atoms with Gasteiger partial charge in [0.15, 0.2) is 0 Å². The number of rotatable bonds is 3. The van der Waals surface area contributed by atoms with Crippen molar-refractivity contribution < 1.29 is 35.5 Å². The highest BCUT2D eigenvalue weighted by Gasteiger charge is 2.52. The number of alkyl halides is 4. The van der Waals surface area contributed by atoms with E-state index in [0.717, 1.165) is 24.0 Å². The van der Waals surface area contributed by atoms with Crippen LogP contribution in [0.1, 0.15) is 52.5 Å². The Balaban J connectivity index is 2.38. The number of ether oxygens (including phenoxy) is 1. The molecule has 10 heteroatoms. The molecular formula is C19H25F4NO4S. The fourth-order valence-corrected chi connectivity index (χ4v) is 4.80. The molecule has 0 aliphatic carbocycles. The van der Waals surface area contributed by atoms with E-state index >= 15 is 4.39 Å². The summed E-state index contributed by atoms with van der Waals surface area (Å²) in [6.45, 7) is 5.88. The minimum Gasteiger partial charge on any atom is -0.444 e. The van der Waals surface area contributed by atoms with Crippen LogP contribution in [-0.4, -0.2) is 42.6 Å². The third-order valence-corrected chi connectivity index (χ3v) is 6.96. The average molecular weight is 439 g/mol. The topological polar surface area (TPSA) is 63.7 Å². The van der Waals surface area contributed by atoms with Crippen LogP contribution in [0.2, 0.25) is 0 Å². The van der Waals surface area contributed by atoms with Crippen LogP contribution in [0.5, 0.6) is 0 Å². The maximum Gasteiger partial charge on any atom is 0.416 e. The van der Waals surface area contributed by atoms with Gasteiger partial charge in [-0.3, -0.25) is 0 Å². The minimum atomic E-state index is -4.69. The van der Waals surface area contributed by atoms with Gasteiger partial charge < -0.3 is 9.64 Å². The van der Waals surface area contributed by atoms with E-state index in [4.69, 9.17) is 4.74 Å². The highest BCUT2D eigenvalue weighted by Crippen LogP contribution is 2.38. The van der Waals surface area contributed by atoms with Crippen LogP contribution in [0, 0.1) is 0 Å². The van der Waals surface area contributed by atoms with E-state index < -0.39 is 49.2 Å². The van der Waals surface area contributed by atoms with Gasteiger partial charge in [-0.2, -0.15) is 13.2 Å². The second kappa shape index (κ2) is 7.77. The summed E-state index contributed by atoms with van der Waals surface area (Å²) in [6, 6.07) is 1.33. The summed E-state index contributed by atoms with van der Waals surface area (Å²) < 4.78 is 85.1. The molecule has 0 aromatic heterocycles. The summed E-state index contributed by atoms with van der Waals surface area (Å²) in [5, 5.41) is -2.91. The molecule has 0 saturated carbocycles. The monoisotopic (exact) mass is 439 g/mol. The van der Waals surface area contributed by atoms with Gasteiger partial charge in [0.05, 0.1) is 16.5 Å². The van der Waals surface area contributed by atoms with Gasteiger partial charge >= 0.3 is 12.3 Å². The molecule has 0 spiro atoms. The number of piperidine rings is 1. The summed E-state index contributed by atoms with van der Waals surface area (Å²) in [5.74, 6) is 0. The molecule has 0 bridgehead atoms. The predicted octanol–water partition coefficient (Wildman–Crippen LogP) is 4.95. The molecule has 2 atom stereocenters. The molecule has 1 aliphatic heterocycles. The number of likely N-dealkylation sites (tertiary alicyclic amines) is 1. The zero-order valence-electron chi connectivity index (χ0n) is 16.7. The second-order valence-electron chi connectivity index (χ2n) is 8.20. The summed E-state index contributed by atoms with van der Waals surface area (Å²) in [5.41, 5.74) is -1.89. The van der Waals surface area contributed by atoms with E-state index in [0.29, 0.717) is 25.0 Å². The number of halogens is 4. The maximum atomic E-state index is 15.8. The first kappa shape index (κ1) is 23.4. The Morgan fingerprint density at radius 1 is 1.03 bits per heavy atom. The molecule has 2 rings (SSSR count). The van der Waals surface area contributed by atoms with Crippen molar-refractivity contribution in [2.45, 2.75) is 74.7 Å². The van der Waals surface area contributed by atoms with Crippen LogP contribution < -0.4 is 0 Å². The quantitative estimate of drug-likeness (QED) is 0.625. The first-order chi connectivity index (χ1) is 13.1. The van der Waals surface area contributed by atoms with Gasteiger partial charge in [0.2, 0.25) is 14.8 Å². The maximum absolute atomic E-state index is 15.8. The number of amides is 1. The smallest absolute Gasteiger partial charge is 0.416 e. The van der Waals surface area contributed by atoms with Crippen molar-refractivity contribution in [3.05, 3.63) is 29.8 Å². The van der Waals surface area contributed by atoms with Crippen molar-refractivity contribution in [3.8, 4) is 0 Å². The van der Waals surface area contributed by atoms with Gasteiger partial charge in [-0.15, -0.1) is 0 Å². The van der Waals surface area contributed by atoms with Crippen molar-refractivity contribution in [2.24, 2.45) is 0 Å². The van der Waals surface area contributed by atoms with Crippen molar-refractivity contribution >= 4 is 15.9 Å². The van der Waals surface area contributed by atoms with E-state index in [1.54, 1.807) is 20.8 Å². The molecule has 1 amide bonds. The van der Waals surface area contributed by atoms with Crippen LogP contribution in [0.25, 0.3) is 0 Å². The first-order valence-corrected chi connectivity index (χ1v) is 10.7. The number of sulfone groups is 1. The standard InChI is InChI=1S/C19H25F4NO4S/c1-17(2,3)28-16(25)24-12-6-5-7-15(24)18(4,20)29(26,27)14-10-8-13(9-11-14)19(21,22)23/h8-11,15H,5-7,12H2,1-4H3. The zero-order valence-corrected chi connectivity index (χ0v) is 17.5. The molecule has 1 saturated heterocycles. The molecule has 0 radical (unpaired) electrons. The van der Waals surface area contributed by atoms with E-state index in [-0.39, 0.29) is 13.0 Å². The summed E-state index contributed by atoms with van der Waals surface area (Å²) in [4.78, 5) is 13.0. The van der Waals surface area contributed by atoms with Crippen LogP contribution in [0.15, 0.2) is 29.2 Å². The number of carbonyl (C=O) groups is 1. The first-order valence-electron chi connectivity index (χ1n) is 9.18.